The van der Waals surface area contributed by atoms with Gasteiger partial charge in [-0.2, -0.15) is 4.31 Å². The maximum atomic E-state index is 13.6. The molecule has 0 radical (unpaired) electrons. The number of nitrogens with zero attached hydrogens (tertiary/aromatic N) is 1. The van der Waals surface area contributed by atoms with Crippen LogP contribution in [0.2, 0.25) is 0 Å². The Balaban J connectivity index is 0.00000162. The smallest absolute Gasteiger partial charge is 0.246 e. The fraction of sp³-hybridized carbons (Fsp3) is 0.455. The minimum absolute atomic E-state index is 0. The van der Waals surface area contributed by atoms with Crippen LogP contribution in [0.15, 0.2) is 23.1 Å². The zero-order valence-corrected chi connectivity index (χ0v) is 11.8. The highest BCUT2D eigenvalue weighted by molar-refractivity contribution is 7.89. The first kappa shape index (κ1) is 15.4. The highest BCUT2D eigenvalue weighted by atomic mass is 35.5. The van der Waals surface area contributed by atoms with Crippen LogP contribution >= 0.6 is 12.4 Å². The zero-order chi connectivity index (χ0) is 12.6. The first-order valence-electron chi connectivity index (χ1n) is 5.38. The molecule has 1 N–H and O–H groups in total. The molecule has 0 spiro atoms. The average molecular weight is 295 g/mol. The first-order valence-corrected chi connectivity index (χ1v) is 6.82. The summed E-state index contributed by atoms with van der Waals surface area (Å²) >= 11 is 0. The quantitative estimate of drug-likeness (QED) is 0.910. The van der Waals surface area contributed by atoms with Crippen LogP contribution in [0.1, 0.15) is 5.56 Å². The fourth-order valence-electron chi connectivity index (χ4n) is 1.69. The number of rotatable bonds is 3. The van der Waals surface area contributed by atoms with Crippen molar-refractivity contribution in [2.45, 2.75) is 17.9 Å². The molecule has 0 unspecified atom stereocenters. The third-order valence-corrected chi connectivity index (χ3v) is 4.94. The van der Waals surface area contributed by atoms with Crippen LogP contribution in [0.4, 0.5) is 4.39 Å². The van der Waals surface area contributed by atoms with Gasteiger partial charge >= 0.3 is 0 Å². The van der Waals surface area contributed by atoms with Gasteiger partial charge in [0.1, 0.15) is 10.7 Å². The predicted octanol–water partition coefficient (Wildman–Crippen LogP) is 1.15. The molecule has 1 aromatic carbocycles. The summed E-state index contributed by atoms with van der Waals surface area (Å²) in [6, 6.07) is 4.03. The fourth-order valence-corrected chi connectivity index (χ4v) is 3.19. The minimum Gasteiger partial charge on any atom is -0.313 e. The minimum atomic E-state index is -3.73. The lowest BCUT2D eigenvalue weighted by Crippen LogP contribution is -2.57. The summed E-state index contributed by atoms with van der Waals surface area (Å²) in [5, 5.41) is 2.99. The van der Waals surface area contributed by atoms with Crippen molar-refractivity contribution in [1.82, 2.24) is 9.62 Å². The SMILES string of the molecule is Cc1ccc(F)c(S(=O)(=O)N(C)C2CNC2)c1.Cl. The molecule has 1 aliphatic heterocycles. The molecule has 1 aromatic rings. The lowest BCUT2D eigenvalue weighted by atomic mass is 10.2. The number of sulfonamides is 1. The monoisotopic (exact) mass is 294 g/mol. The Morgan fingerprint density at radius 2 is 2.00 bits per heavy atom. The molecular weight excluding hydrogens is 279 g/mol. The van der Waals surface area contributed by atoms with Crippen LogP contribution in [-0.2, 0) is 10.0 Å². The van der Waals surface area contributed by atoms with Crippen molar-refractivity contribution in [2.24, 2.45) is 0 Å². The molecule has 0 aromatic heterocycles. The van der Waals surface area contributed by atoms with Gasteiger partial charge in [-0.25, -0.2) is 12.8 Å². The van der Waals surface area contributed by atoms with Crippen LogP contribution in [-0.4, -0.2) is 38.9 Å². The second-order valence-electron chi connectivity index (χ2n) is 4.27. The van der Waals surface area contributed by atoms with E-state index in [1.54, 1.807) is 13.0 Å². The summed E-state index contributed by atoms with van der Waals surface area (Å²) in [4.78, 5) is -0.244. The number of aryl methyl sites for hydroxylation is 1. The van der Waals surface area contributed by atoms with Crippen LogP contribution in [0.25, 0.3) is 0 Å². The van der Waals surface area contributed by atoms with Crippen molar-refractivity contribution in [3.8, 4) is 0 Å². The van der Waals surface area contributed by atoms with E-state index in [4.69, 9.17) is 0 Å². The molecule has 0 amide bonds. The molecule has 2 rings (SSSR count). The number of nitrogens with one attached hydrogen (secondary N) is 1. The van der Waals surface area contributed by atoms with Gasteiger partial charge in [0.2, 0.25) is 10.0 Å². The summed E-state index contributed by atoms with van der Waals surface area (Å²) < 4.78 is 39.2. The third-order valence-electron chi connectivity index (χ3n) is 3.02. The van der Waals surface area contributed by atoms with Crippen LogP contribution in [0.5, 0.6) is 0 Å². The average Bonchev–Trinajstić information content (AvgIpc) is 2.19. The Kier molecular flexibility index (Phi) is 4.72. The Morgan fingerprint density at radius 1 is 1.39 bits per heavy atom. The van der Waals surface area contributed by atoms with Gasteiger partial charge in [0, 0.05) is 26.2 Å². The number of hydrogen-bond donors (Lipinski definition) is 1. The molecule has 4 nitrogen and oxygen atoms in total. The Hall–Kier alpha value is -0.690. The van der Waals surface area contributed by atoms with Crippen LogP contribution < -0.4 is 5.32 Å². The van der Waals surface area contributed by atoms with Gasteiger partial charge < -0.3 is 5.32 Å². The summed E-state index contributed by atoms with van der Waals surface area (Å²) in [7, 11) is -2.25. The van der Waals surface area contributed by atoms with Crippen molar-refractivity contribution in [1.29, 1.82) is 0 Å². The maximum Gasteiger partial charge on any atom is 0.246 e. The third kappa shape index (κ3) is 2.66. The molecule has 1 heterocycles. The van der Waals surface area contributed by atoms with E-state index >= 15 is 0 Å². The van der Waals surface area contributed by atoms with Gasteiger partial charge in [-0.3, -0.25) is 0 Å². The second kappa shape index (κ2) is 5.52. The summed E-state index contributed by atoms with van der Waals surface area (Å²) in [6.45, 7) is 2.97. The molecule has 1 fully saturated rings. The van der Waals surface area contributed by atoms with E-state index in [-0.39, 0.29) is 23.3 Å². The van der Waals surface area contributed by atoms with E-state index in [9.17, 15) is 12.8 Å². The number of likely N-dealkylation sites (N-methyl/N-ethyl adjacent to an activating group) is 1. The topological polar surface area (TPSA) is 49.4 Å². The predicted molar refractivity (Wildman–Crippen MR) is 70.0 cm³/mol. The molecule has 102 valence electrons. The van der Waals surface area contributed by atoms with Crippen molar-refractivity contribution in [3.63, 3.8) is 0 Å². The van der Waals surface area contributed by atoms with Crippen LogP contribution in [0.3, 0.4) is 0 Å². The molecule has 0 aliphatic carbocycles. The summed E-state index contributed by atoms with van der Waals surface area (Å²) in [6.07, 6.45) is 0. The summed E-state index contributed by atoms with van der Waals surface area (Å²) in [5.41, 5.74) is 0.727. The van der Waals surface area contributed by atoms with Gasteiger partial charge in [-0.15, -0.1) is 12.4 Å². The van der Waals surface area contributed by atoms with Crippen LogP contribution in [0, 0.1) is 12.7 Å². The van der Waals surface area contributed by atoms with Gasteiger partial charge in [0.25, 0.3) is 0 Å². The molecule has 7 heteroatoms. The number of hydrogen-bond acceptors (Lipinski definition) is 3. The molecule has 0 saturated carbocycles. The van der Waals surface area contributed by atoms with Gasteiger partial charge in [-0.05, 0) is 24.6 Å². The van der Waals surface area contributed by atoms with E-state index in [2.05, 4.69) is 5.32 Å². The largest absolute Gasteiger partial charge is 0.313 e. The first-order chi connectivity index (χ1) is 7.93. The van der Waals surface area contributed by atoms with Crippen molar-refractivity contribution in [2.75, 3.05) is 20.1 Å². The van der Waals surface area contributed by atoms with E-state index in [0.717, 1.165) is 5.56 Å². The molecule has 0 atom stereocenters. The van der Waals surface area contributed by atoms with E-state index in [0.29, 0.717) is 13.1 Å². The molecule has 0 bridgehead atoms. The van der Waals surface area contributed by atoms with Gasteiger partial charge in [-0.1, -0.05) is 6.07 Å². The van der Waals surface area contributed by atoms with E-state index < -0.39 is 15.8 Å². The Bertz CT molecular complexity index is 532. The summed E-state index contributed by atoms with van der Waals surface area (Å²) in [5.74, 6) is -0.699. The number of halogens is 2. The van der Waals surface area contributed by atoms with E-state index in [1.165, 1.54) is 23.5 Å². The van der Waals surface area contributed by atoms with E-state index in [1.807, 2.05) is 0 Å². The normalized spacial score (nSPS) is 16.2. The molecule has 1 saturated heterocycles. The Labute approximate surface area is 113 Å². The van der Waals surface area contributed by atoms with Gasteiger partial charge in [0.15, 0.2) is 0 Å². The van der Waals surface area contributed by atoms with Crippen molar-refractivity contribution >= 4 is 22.4 Å². The Morgan fingerprint density at radius 3 is 2.50 bits per heavy atom. The highest BCUT2D eigenvalue weighted by Gasteiger charge is 2.33. The lowest BCUT2D eigenvalue weighted by Gasteiger charge is -2.34. The highest BCUT2D eigenvalue weighted by Crippen LogP contribution is 2.22. The van der Waals surface area contributed by atoms with Gasteiger partial charge in [0.05, 0.1) is 0 Å². The second-order valence-corrected chi connectivity index (χ2v) is 6.23. The van der Waals surface area contributed by atoms with Crippen molar-refractivity contribution < 1.29 is 12.8 Å². The molecule has 18 heavy (non-hydrogen) atoms. The molecular formula is C11H16ClFN2O2S. The zero-order valence-electron chi connectivity index (χ0n) is 10.2. The lowest BCUT2D eigenvalue weighted by molar-refractivity contribution is 0.273. The number of benzene rings is 1. The van der Waals surface area contributed by atoms with Crippen molar-refractivity contribution in [3.05, 3.63) is 29.6 Å². The molecule has 1 aliphatic rings. The maximum absolute atomic E-state index is 13.6. The standard InChI is InChI=1S/C11H15FN2O2S.ClH/c1-8-3-4-10(12)11(5-8)17(15,16)14(2)9-6-13-7-9;/h3-5,9,13H,6-7H2,1-2H3;1H.